The fraction of sp³-hybridized carbons (Fsp3) is 0.625. The van der Waals surface area contributed by atoms with E-state index in [0.29, 0.717) is 6.54 Å². The molecule has 1 aliphatic carbocycles. The summed E-state index contributed by atoms with van der Waals surface area (Å²) in [5.74, 6) is 1.49. The first-order chi connectivity index (χ1) is 10.1. The minimum Gasteiger partial charge on any atom is -0.493 e. The van der Waals surface area contributed by atoms with Gasteiger partial charge in [0.15, 0.2) is 11.5 Å². The molecule has 0 bridgehead atoms. The topological polar surface area (TPSA) is 50.7 Å². The van der Waals surface area contributed by atoms with E-state index < -0.39 is 5.60 Å². The Kier molecular flexibility index (Phi) is 5.79. The summed E-state index contributed by atoms with van der Waals surface area (Å²) in [6, 6.07) is 4.02. The second-order valence-corrected chi connectivity index (χ2v) is 6.40. The van der Waals surface area contributed by atoms with Crippen molar-refractivity contribution in [1.82, 2.24) is 5.32 Å². The third kappa shape index (κ3) is 4.05. The highest BCUT2D eigenvalue weighted by molar-refractivity contribution is 7.98. The maximum Gasteiger partial charge on any atom is 0.161 e. The first-order valence-corrected chi connectivity index (χ1v) is 8.56. The maximum absolute atomic E-state index is 10.4. The van der Waals surface area contributed by atoms with E-state index in [1.165, 1.54) is 10.5 Å². The van der Waals surface area contributed by atoms with Crippen LogP contribution in [0.2, 0.25) is 0 Å². The average Bonchev–Trinajstić information content (AvgIpc) is 2.93. The molecule has 0 radical (unpaired) electrons. The van der Waals surface area contributed by atoms with Crippen LogP contribution in [0.25, 0.3) is 0 Å². The molecule has 4 nitrogen and oxygen atoms in total. The molecular weight excluding hydrogens is 286 g/mol. The summed E-state index contributed by atoms with van der Waals surface area (Å²) in [6.07, 6.45) is 6.12. The second kappa shape index (κ2) is 7.38. The van der Waals surface area contributed by atoms with Gasteiger partial charge < -0.3 is 19.9 Å². The van der Waals surface area contributed by atoms with Gasteiger partial charge in [-0.05, 0) is 36.8 Å². The molecular formula is C16H25NO3S. The zero-order chi connectivity index (χ0) is 15.3. The summed E-state index contributed by atoms with van der Waals surface area (Å²) in [5.41, 5.74) is 0.651. The van der Waals surface area contributed by atoms with Crippen molar-refractivity contribution < 1.29 is 14.6 Å². The van der Waals surface area contributed by atoms with Gasteiger partial charge in [0.25, 0.3) is 0 Å². The molecule has 0 heterocycles. The van der Waals surface area contributed by atoms with E-state index >= 15 is 0 Å². The molecule has 2 rings (SSSR count). The fourth-order valence-corrected chi connectivity index (χ4v) is 3.49. The molecule has 0 aliphatic heterocycles. The molecule has 1 aliphatic rings. The minimum absolute atomic E-state index is 0.518. The normalized spacial score (nSPS) is 17.0. The highest BCUT2D eigenvalue weighted by Gasteiger charge is 2.30. The smallest absolute Gasteiger partial charge is 0.161 e. The van der Waals surface area contributed by atoms with Crippen molar-refractivity contribution in [3.63, 3.8) is 0 Å². The number of aliphatic hydroxyl groups is 1. The van der Waals surface area contributed by atoms with Crippen LogP contribution < -0.4 is 14.8 Å². The molecule has 5 heteroatoms. The lowest BCUT2D eigenvalue weighted by atomic mass is 10.0. The fourth-order valence-electron chi connectivity index (χ4n) is 2.87. The van der Waals surface area contributed by atoms with E-state index in [0.717, 1.165) is 43.7 Å². The molecule has 0 spiro atoms. The van der Waals surface area contributed by atoms with Gasteiger partial charge in [-0.25, -0.2) is 0 Å². The Balaban J connectivity index is 2.04. The van der Waals surface area contributed by atoms with E-state index in [1.807, 2.05) is 12.1 Å². The van der Waals surface area contributed by atoms with Crippen LogP contribution in [0.15, 0.2) is 17.0 Å². The number of methoxy groups -OCH3 is 2. The van der Waals surface area contributed by atoms with Gasteiger partial charge in [-0.3, -0.25) is 0 Å². The Bertz CT molecular complexity index is 473. The molecule has 0 aromatic heterocycles. The Labute approximate surface area is 131 Å². The molecule has 1 aromatic carbocycles. The third-order valence-electron chi connectivity index (χ3n) is 4.09. The van der Waals surface area contributed by atoms with Crippen LogP contribution in [0, 0.1) is 0 Å². The van der Waals surface area contributed by atoms with Crippen molar-refractivity contribution in [2.45, 2.75) is 42.7 Å². The van der Waals surface area contributed by atoms with Crippen molar-refractivity contribution in [3.8, 4) is 11.5 Å². The van der Waals surface area contributed by atoms with Crippen LogP contribution >= 0.6 is 11.8 Å². The summed E-state index contributed by atoms with van der Waals surface area (Å²) >= 11 is 1.69. The predicted octanol–water partition coefficient (Wildman–Crippen LogP) is 2.82. The molecule has 0 atom stereocenters. The van der Waals surface area contributed by atoms with Gasteiger partial charge in [-0.2, -0.15) is 0 Å². The van der Waals surface area contributed by atoms with E-state index in [-0.39, 0.29) is 0 Å². The van der Waals surface area contributed by atoms with Crippen LogP contribution in [0.1, 0.15) is 31.2 Å². The number of rotatable bonds is 7. The quantitative estimate of drug-likeness (QED) is 0.758. The van der Waals surface area contributed by atoms with E-state index in [1.54, 1.807) is 26.0 Å². The Morgan fingerprint density at radius 2 is 1.81 bits per heavy atom. The molecule has 2 N–H and O–H groups in total. The van der Waals surface area contributed by atoms with E-state index in [2.05, 4.69) is 11.6 Å². The first kappa shape index (κ1) is 16.5. The number of hydrogen-bond acceptors (Lipinski definition) is 5. The molecule has 1 fully saturated rings. The summed E-state index contributed by atoms with van der Waals surface area (Å²) in [4.78, 5) is 1.17. The lowest BCUT2D eigenvalue weighted by Gasteiger charge is -2.23. The summed E-state index contributed by atoms with van der Waals surface area (Å²) in [6.45, 7) is 1.37. The first-order valence-electron chi connectivity index (χ1n) is 7.34. The van der Waals surface area contributed by atoms with Crippen LogP contribution in [0.3, 0.4) is 0 Å². The largest absolute Gasteiger partial charge is 0.493 e. The van der Waals surface area contributed by atoms with Crippen molar-refractivity contribution in [1.29, 1.82) is 0 Å². The van der Waals surface area contributed by atoms with Gasteiger partial charge in [0.05, 0.1) is 19.8 Å². The van der Waals surface area contributed by atoms with E-state index in [4.69, 9.17) is 9.47 Å². The van der Waals surface area contributed by atoms with Crippen molar-refractivity contribution >= 4 is 11.8 Å². The standard InChI is InChI=1S/C16H25NO3S/c1-19-13-8-12(15(21-3)9-14(13)20-2)10-17-11-16(18)6-4-5-7-16/h8-9,17-18H,4-7,10-11H2,1-3H3. The van der Waals surface area contributed by atoms with Gasteiger partial charge in [0.2, 0.25) is 0 Å². The Morgan fingerprint density at radius 1 is 1.19 bits per heavy atom. The molecule has 1 saturated carbocycles. The lowest BCUT2D eigenvalue weighted by Crippen LogP contribution is -2.37. The SMILES string of the molecule is COc1cc(CNCC2(O)CCCC2)c(SC)cc1OC. The number of hydrogen-bond donors (Lipinski definition) is 2. The van der Waals surface area contributed by atoms with Gasteiger partial charge in [-0.15, -0.1) is 11.8 Å². The number of ether oxygens (including phenoxy) is 2. The van der Waals surface area contributed by atoms with Crippen LogP contribution in [0.4, 0.5) is 0 Å². The minimum atomic E-state index is -0.518. The van der Waals surface area contributed by atoms with Gasteiger partial charge >= 0.3 is 0 Å². The van der Waals surface area contributed by atoms with Gasteiger partial charge in [-0.1, -0.05) is 12.8 Å². The van der Waals surface area contributed by atoms with Crippen LogP contribution in [-0.4, -0.2) is 37.7 Å². The molecule has 0 amide bonds. The van der Waals surface area contributed by atoms with Crippen molar-refractivity contribution in [2.75, 3.05) is 27.0 Å². The number of thioether (sulfide) groups is 1. The summed E-state index contributed by atoms with van der Waals surface area (Å²) in [7, 11) is 3.30. The second-order valence-electron chi connectivity index (χ2n) is 5.55. The monoisotopic (exact) mass is 311 g/mol. The average molecular weight is 311 g/mol. The van der Waals surface area contributed by atoms with Gasteiger partial charge in [0, 0.05) is 18.0 Å². The van der Waals surface area contributed by atoms with Crippen molar-refractivity contribution in [2.24, 2.45) is 0 Å². The third-order valence-corrected chi connectivity index (χ3v) is 4.91. The van der Waals surface area contributed by atoms with Crippen LogP contribution in [-0.2, 0) is 6.54 Å². The van der Waals surface area contributed by atoms with Crippen molar-refractivity contribution in [3.05, 3.63) is 17.7 Å². The predicted molar refractivity (Wildman–Crippen MR) is 86.5 cm³/mol. The summed E-state index contributed by atoms with van der Waals surface area (Å²) in [5, 5.41) is 13.8. The maximum atomic E-state index is 10.4. The highest BCUT2D eigenvalue weighted by Crippen LogP contribution is 2.35. The summed E-state index contributed by atoms with van der Waals surface area (Å²) < 4.78 is 10.7. The Morgan fingerprint density at radius 3 is 2.38 bits per heavy atom. The lowest BCUT2D eigenvalue weighted by molar-refractivity contribution is 0.0474. The molecule has 0 unspecified atom stereocenters. The number of nitrogens with one attached hydrogen (secondary N) is 1. The molecule has 0 saturated heterocycles. The van der Waals surface area contributed by atoms with Gasteiger partial charge in [0.1, 0.15) is 0 Å². The zero-order valence-electron chi connectivity index (χ0n) is 13.1. The zero-order valence-corrected chi connectivity index (χ0v) is 13.9. The molecule has 21 heavy (non-hydrogen) atoms. The van der Waals surface area contributed by atoms with E-state index in [9.17, 15) is 5.11 Å². The Hall–Kier alpha value is -0.910. The molecule has 118 valence electrons. The molecule has 1 aromatic rings. The highest BCUT2D eigenvalue weighted by atomic mass is 32.2. The number of benzene rings is 1. The van der Waals surface area contributed by atoms with Crippen LogP contribution in [0.5, 0.6) is 11.5 Å².